The van der Waals surface area contributed by atoms with Crippen LogP contribution in [0.15, 0.2) is 36.4 Å². The van der Waals surface area contributed by atoms with Gasteiger partial charge in [0, 0.05) is 17.7 Å². The lowest BCUT2D eigenvalue weighted by Crippen LogP contribution is -2.07. The summed E-state index contributed by atoms with van der Waals surface area (Å²) in [5, 5.41) is 10.4. The summed E-state index contributed by atoms with van der Waals surface area (Å²) in [6.07, 6.45) is 3.02. The Morgan fingerprint density at radius 3 is 2.35 bits per heavy atom. The van der Waals surface area contributed by atoms with Gasteiger partial charge in [-0.2, -0.15) is 5.10 Å². The molecule has 0 aliphatic carbocycles. The van der Waals surface area contributed by atoms with E-state index in [-0.39, 0.29) is 0 Å². The minimum absolute atomic E-state index is 0.460. The second-order valence-corrected chi connectivity index (χ2v) is 7.74. The van der Waals surface area contributed by atoms with E-state index in [1.54, 1.807) is 6.07 Å². The molecule has 0 saturated carbocycles. The summed E-state index contributed by atoms with van der Waals surface area (Å²) in [5.74, 6) is 0.914. The SMILES string of the molecule is Clc1cccc(-n2nc(-c3c(Cl)cccc3Cl)c3c2NCCCC3)c1Cl. The molecule has 0 unspecified atom stereocenters. The lowest BCUT2D eigenvalue weighted by molar-refractivity contribution is 0.780. The summed E-state index contributed by atoms with van der Waals surface area (Å²) in [4.78, 5) is 0. The van der Waals surface area contributed by atoms with Crippen LogP contribution in [0.5, 0.6) is 0 Å². The van der Waals surface area contributed by atoms with E-state index < -0.39 is 0 Å². The van der Waals surface area contributed by atoms with Crippen molar-refractivity contribution >= 4 is 52.2 Å². The molecule has 1 N–H and O–H groups in total. The van der Waals surface area contributed by atoms with E-state index in [2.05, 4.69) is 5.32 Å². The summed E-state index contributed by atoms with van der Waals surface area (Å²) in [7, 11) is 0. The van der Waals surface area contributed by atoms with Gasteiger partial charge in [-0.3, -0.25) is 0 Å². The predicted octanol–water partition coefficient (Wildman–Crippen LogP) is 6.90. The largest absolute Gasteiger partial charge is 0.370 e. The quantitative estimate of drug-likeness (QED) is 0.482. The molecule has 1 aromatic heterocycles. The number of aromatic nitrogens is 2. The summed E-state index contributed by atoms with van der Waals surface area (Å²) < 4.78 is 1.81. The number of nitrogens with one attached hydrogen (secondary N) is 1. The first kappa shape index (κ1) is 18.0. The first-order valence-corrected chi connectivity index (χ1v) is 9.83. The maximum atomic E-state index is 6.46. The molecular weight excluding hydrogens is 412 g/mol. The molecule has 0 saturated heterocycles. The lowest BCUT2D eigenvalue weighted by Gasteiger charge is -2.11. The number of benzene rings is 2. The second kappa shape index (κ2) is 7.32. The zero-order valence-electron chi connectivity index (χ0n) is 13.7. The van der Waals surface area contributed by atoms with Gasteiger partial charge in [-0.15, -0.1) is 0 Å². The van der Waals surface area contributed by atoms with Gasteiger partial charge < -0.3 is 5.32 Å². The van der Waals surface area contributed by atoms with Crippen LogP contribution in [0.3, 0.4) is 0 Å². The number of rotatable bonds is 2. The standard InChI is InChI=1S/C19H15Cl4N3/c20-12-6-3-7-13(21)16(12)18-11-5-1-2-10-24-19(11)26(25-18)15-9-4-8-14(22)17(15)23/h3-4,6-9,24H,1-2,5,10H2. The van der Waals surface area contributed by atoms with Gasteiger partial charge >= 0.3 is 0 Å². The molecule has 0 radical (unpaired) electrons. The van der Waals surface area contributed by atoms with E-state index in [1.807, 2.05) is 35.0 Å². The first-order chi connectivity index (χ1) is 12.6. The normalized spacial score (nSPS) is 13.8. The molecule has 1 aliphatic heterocycles. The van der Waals surface area contributed by atoms with Gasteiger partial charge in [0.2, 0.25) is 0 Å². The highest BCUT2D eigenvalue weighted by Gasteiger charge is 2.25. The lowest BCUT2D eigenvalue weighted by atomic mass is 10.0. The van der Waals surface area contributed by atoms with Crippen LogP contribution >= 0.6 is 46.4 Å². The van der Waals surface area contributed by atoms with Crippen LogP contribution in [0.1, 0.15) is 18.4 Å². The summed E-state index contributed by atoms with van der Waals surface area (Å²) in [6.45, 7) is 0.868. The molecule has 2 heterocycles. The minimum atomic E-state index is 0.460. The Kier molecular flexibility index (Phi) is 5.07. The van der Waals surface area contributed by atoms with Crippen molar-refractivity contribution < 1.29 is 0 Å². The van der Waals surface area contributed by atoms with E-state index >= 15 is 0 Å². The van der Waals surface area contributed by atoms with Gasteiger partial charge in [-0.05, 0) is 43.5 Å². The Hall–Kier alpha value is -1.39. The monoisotopic (exact) mass is 425 g/mol. The van der Waals surface area contributed by atoms with Crippen LogP contribution in [-0.4, -0.2) is 16.3 Å². The Balaban J connectivity index is 2.00. The molecule has 0 bridgehead atoms. The molecule has 4 rings (SSSR count). The molecular formula is C19H15Cl4N3. The van der Waals surface area contributed by atoms with Gasteiger partial charge in [0.15, 0.2) is 0 Å². The fourth-order valence-electron chi connectivity index (χ4n) is 3.26. The molecule has 1 aliphatic rings. The van der Waals surface area contributed by atoms with Crippen molar-refractivity contribution in [1.29, 1.82) is 0 Å². The van der Waals surface area contributed by atoms with Gasteiger partial charge in [-0.25, -0.2) is 4.68 Å². The maximum Gasteiger partial charge on any atom is 0.133 e. The fourth-order valence-corrected chi connectivity index (χ4v) is 4.21. The average Bonchev–Trinajstić information content (AvgIpc) is 2.79. The molecule has 3 aromatic rings. The van der Waals surface area contributed by atoms with Crippen molar-refractivity contribution in [2.75, 3.05) is 11.9 Å². The van der Waals surface area contributed by atoms with Crippen LogP contribution in [0, 0.1) is 0 Å². The number of anilines is 1. The van der Waals surface area contributed by atoms with E-state index in [0.29, 0.717) is 20.1 Å². The van der Waals surface area contributed by atoms with E-state index in [4.69, 9.17) is 51.5 Å². The van der Waals surface area contributed by atoms with Gasteiger partial charge in [0.25, 0.3) is 0 Å². The molecule has 7 heteroatoms. The van der Waals surface area contributed by atoms with Gasteiger partial charge in [0.1, 0.15) is 11.5 Å². The molecule has 0 atom stereocenters. The molecule has 2 aromatic carbocycles. The Morgan fingerprint density at radius 1 is 0.885 bits per heavy atom. The van der Waals surface area contributed by atoms with Crippen LogP contribution in [0.4, 0.5) is 5.82 Å². The van der Waals surface area contributed by atoms with Crippen LogP contribution < -0.4 is 5.32 Å². The van der Waals surface area contributed by atoms with Crippen LogP contribution in [0.2, 0.25) is 20.1 Å². The third-order valence-electron chi connectivity index (χ3n) is 4.49. The third kappa shape index (κ3) is 3.07. The molecule has 0 amide bonds. The maximum absolute atomic E-state index is 6.46. The smallest absolute Gasteiger partial charge is 0.133 e. The van der Waals surface area contributed by atoms with E-state index in [9.17, 15) is 0 Å². The average molecular weight is 427 g/mol. The molecule has 26 heavy (non-hydrogen) atoms. The van der Waals surface area contributed by atoms with Crippen molar-refractivity contribution in [3.05, 3.63) is 62.1 Å². The second-order valence-electron chi connectivity index (χ2n) is 6.14. The minimum Gasteiger partial charge on any atom is -0.370 e. The number of hydrogen-bond donors (Lipinski definition) is 1. The Morgan fingerprint density at radius 2 is 1.58 bits per heavy atom. The Bertz CT molecular complexity index is 961. The van der Waals surface area contributed by atoms with E-state index in [1.165, 1.54) is 0 Å². The van der Waals surface area contributed by atoms with Gasteiger partial charge in [-0.1, -0.05) is 58.5 Å². The summed E-state index contributed by atoms with van der Waals surface area (Å²) in [5.41, 5.74) is 3.33. The molecule has 134 valence electrons. The molecule has 3 nitrogen and oxygen atoms in total. The zero-order chi connectivity index (χ0) is 18.3. The fraction of sp³-hybridized carbons (Fsp3) is 0.211. The number of hydrogen-bond acceptors (Lipinski definition) is 2. The van der Waals surface area contributed by atoms with Crippen molar-refractivity contribution in [1.82, 2.24) is 9.78 Å². The highest BCUT2D eigenvalue weighted by atomic mass is 35.5. The highest BCUT2D eigenvalue weighted by molar-refractivity contribution is 6.43. The van der Waals surface area contributed by atoms with Crippen molar-refractivity contribution in [3.63, 3.8) is 0 Å². The Labute approximate surface area is 171 Å². The first-order valence-electron chi connectivity index (χ1n) is 8.32. The number of nitrogens with zero attached hydrogens (tertiary/aromatic N) is 2. The number of fused-ring (bicyclic) bond motifs is 1. The topological polar surface area (TPSA) is 29.9 Å². The van der Waals surface area contributed by atoms with Crippen molar-refractivity contribution in [2.24, 2.45) is 0 Å². The molecule has 0 fully saturated rings. The van der Waals surface area contributed by atoms with Crippen LogP contribution in [-0.2, 0) is 6.42 Å². The third-order valence-corrected chi connectivity index (χ3v) is 5.93. The summed E-state index contributed by atoms with van der Waals surface area (Å²) in [6, 6.07) is 11.0. The van der Waals surface area contributed by atoms with Crippen LogP contribution in [0.25, 0.3) is 16.9 Å². The molecule has 0 spiro atoms. The zero-order valence-corrected chi connectivity index (χ0v) is 16.7. The predicted molar refractivity (Wildman–Crippen MR) is 110 cm³/mol. The van der Waals surface area contributed by atoms with Crippen molar-refractivity contribution in [3.8, 4) is 16.9 Å². The highest BCUT2D eigenvalue weighted by Crippen LogP contribution is 2.41. The van der Waals surface area contributed by atoms with E-state index in [0.717, 1.165) is 54.1 Å². The van der Waals surface area contributed by atoms with Crippen molar-refractivity contribution in [2.45, 2.75) is 19.3 Å². The number of halogens is 4. The summed E-state index contributed by atoms with van der Waals surface area (Å²) >= 11 is 25.6. The van der Waals surface area contributed by atoms with Gasteiger partial charge in [0.05, 0.1) is 25.8 Å².